The minimum atomic E-state index is -3.04. The summed E-state index contributed by atoms with van der Waals surface area (Å²) in [6, 6.07) is 0. The summed E-state index contributed by atoms with van der Waals surface area (Å²) < 4.78 is 25.0. The quantitative estimate of drug-likeness (QED) is 0.221. The van der Waals surface area contributed by atoms with Gasteiger partial charge >= 0.3 is 0 Å². The van der Waals surface area contributed by atoms with E-state index in [1.54, 1.807) is 0 Å². The van der Waals surface area contributed by atoms with Gasteiger partial charge in [-0.2, -0.15) is 0 Å². The summed E-state index contributed by atoms with van der Waals surface area (Å²) in [6.07, 6.45) is 3.19. The first kappa shape index (κ1) is 22.4. The lowest BCUT2D eigenvalue weighted by molar-refractivity contribution is -0.127. The summed E-state index contributed by atoms with van der Waals surface area (Å²) in [5, 5.41) is 6.33. The summed E-state index contributed by atoms with van der Waals surface area (Å²) in [5.74, 6) is 1.20. The summed E-state index contributed by atoms with van der Waals surface area (Å²) in [5.41, 5.74) is 0. The van der Waals surface area contributed by atoms with E-state index < -0.39 is 10.0 Å². The fraction of sp³-hybridized carbons (Fsp3) is 0.867. The van der Waals surface area contributed by atoms with Crippen molar-refractivity contribution in [3.63, 3.8) is 0 Å². The molecule has 2 saturated heterocycles. The minimum absolute atomic E-state index is 0. The Kier molecular flexibility index (Phi) is 10.0. The van der Waals surface area contributed by atoms with Crippen LogP contribution in [0.15, 0.2) is 4.99 Å². The van der Waals surface area contributed by atoms with Gasteiger partial charge in [0.25, 0.3) is 0 Å². The first-order valence-electron chi connectivity index (χ1n) is 8.80. The predicted molar refractivity (Wildman–Crippen MR) is 110 cm³/mol. The number of rotatable bonds is 8. The topological polar surface area (TPSA) is 94.1 Å². The van der Waals surface area contributed by atoms with Crippen LogP contribution < -0.4 is 10.6 Å². The molecule has 0 unspecified atom stereocenters. The van der Waals surface area contributed by atoms with Crippen LogP contribution in [0.2, 0.25) is 0 Å². The van der Waals surface area contributed by atoms with E-state index in [2.05, 4.69) is 15.6 Å². The molecule has 146 valence electrons. The van der Waals surface area contributed by atoms with Gasteiger partial charge in [-0.3, -0.25) is 9.79 Å². The number of carbonyl (C=O) groups excluding carboxylic acids is 1. The Morgan fingerprint density at radius 2 is 2.00 bits per heavy atom. The summed E-state index contributed by atoms with van der Waals surface area (Å²) in [7, 11) is -3.04. The normalized spacial score (nSPS) is 20.6. The average molecular weight is 487 g/mol. The molecule has 0 radical (unpaired) electrons. The van der Waals surface area contributed by atoms with Crippen molar-refractivity contribution >= 4 is 45.9 Å². The van der Waals surface area contributed by atoms with Crippen molar-refractivity contribution in [2.45, 2.75) is 32.6 Å². The van der Waals surface area contributed by atoms with Crippen LogP contribution in [0.25, 0.3) is 0 Å². The minimum Gasteiger partial charge on any atom is -0.357 e. The molecule has 0 aliphatic carbocycles. The van der Waals surface area contributed by atoms with Gasteiger partial charge in [0.1, 0.15) is 0 Å². The Morgan fingerprint density at radius 1 is 1.20 bits per heavy atom. The van der Waals surface area contributed by atoms with Gasteiger partial charge in [0.2, 0.25) is 15.9 Å². The average Bonchev–Trinajstić information content (AvgIpc) is 3.09. The second kappa shape index (κ2) is 11.2. The van der Waals surface area contributed by atoms with E-state index in [9.17, 15) is 13.2 Å². The number of hydrogen-bond acceptors (Lipinski definition) is 4. The van der Waals surface area contributed by atoms with Crippen molar-refractivity contribution < 1.29 is 13.2 Å². The van der Waals surface area contributed by atoms with Gasteiger partial charge < -0.3 is 15.5 Å². The van der Waals surface area contributed by atoms with Gasteiger partial charge in [0.05, 0.1) is 5.75 Å². The van der Waals surface area contributed by atoms with Crippen LogP contribution in [0.3, 0.4) is 0 Å². The van der Waals surface area contributed by atoms with Crippen molar-refractivity contribution in [1.82, 2.24) is 19.8 Å². The highest BCUT2D eigenvalue weighted by Gasteiger charge is 2.27. The van der Waals surface area contributed by atoms with Crippen molar-refractivity contribution in [1.29, 1.82) is 0 Å². The Labute approximate surface area is 167 Å². The second-order valence-corrected chi connectivity index (χ2v) is 8.18. The number of carbonyl (C=O) groups is 1. The number of nitrogens with zero attached hydrogens (tertiary/aromatic N) is 3. The molecule has 8 nitrogen and oxygen atoms in total. The molecule has 0 saturated carbocycles. The van der Waals surface area contributed by atoms with E-state index in [0.29, 0.717) is 45.0 Å². The lowest BCUT2D eigenvalue weighted by atomic mass is 10.4. The first-order chi connectivity index (χ1) is 11.5. The maximum absolute atomic E-state index is 11.7. The third-order valence-electron chi connectivity index (χ3n) is 4.23. The smallest absolute Gasteiger partial charge is 0.222 e. The molecule has 0 aromatic heterocycles. The third-order valence-corrected chi connectivity index (χ3v) is 6.19. The van der Waals surface area contributed by atoms with Crippen molar-refractivity contribution in [3.8, 4) is 0 Å². The van der Waals surface area contributed by atoms with Crippen molar-refractivity contribution in [2.24, 2.45) is 4.99 Å². The molecule has 0 spiro atoms. The van der Waals surface area contributed by atoms with E-state index in [1.165, 1.54) is 4.31 Å². The van der Waals surface area contributed by atoms with Gasteiger partial charge in [-0.05, 0) is 26.2 Å². The zero-order valence-corrected chi connectivity index (χ0v) is 18.0. The number of nitrogens with one attached hydrogen (secondary N) is 2. The van der Waals surface area contributed by atoms with Crippen LogP contribution in [-0.4, -0.2) is 81.1 Å². The molecular weight excluding hydrogens is 457 g/mol. The van der Waals surface area contributed by atoms with E-state index in [4.69, 9.17) is 0 Å². The lowest BCUT2D eigenvalue weighted by Crippen LogP contribution is -2.42. The molecule has 2 rings (SSSR count). The molecule has 0 aromatic carbocycles. The number of sulfonamides is 1. The number of amides is 1. The molecule has 2 aliphatic heterocycles. The largest absolute Gasteiger partial charge is 0.357 e. The number of aliphatic imine (C=N–C) groups is 1. The van der Waals surface area contributed by atoms with E-state index in [-0.39, 0.29) is 35.6 Å². The zero-order valence-electron chi connectivity index (χ0n) is 14.9. The Hall–Kier alpha value is -0.620. The van der Waals surface area contributed by atoms with E-state index in [1.807, 2.05) is 11.8 Å². The molecule has 0 aromatic rings. The van der Waals surface area contributed by atoms with Crippen LogP contribution >= 0.6 is 24.0 Å². The third kappa shape index (κ3) is 7.26. The maximum Gasteiger partial charge on any atom is 0.222 e. The SMILES string of the molecule is CCNC(=NCCCN1CCCC1=O)NCCN1CCCS1(=O)=O.I. The van der Waals surface area contributed by atoms with Gasteiger partial charge in [-0.25, -0.2) is 12.7 Å². The molecule has 2 N–H and O–H groups in total. The summed E-state index contributed by atoms with van der Waals surface area (Å²) in [6.45, 7) is 6.62. The summed E-state index contributed by atoms with van der Waals surface area (Å²) in [4.78, 5) is 17.9. The first-order valence-corrected chi connectivity index (χ1v) is 10.4. The fourth-order valence-corrected chi connectivity index (χ4v) is 4.50. The van der Waals surface area contributed by atoms with Gasteiger partial charge in [0.15, 0.2) is 5.96 Å². The van der Waals surface area contributed by atoms with Crippen LogP contribution in [0, 0.1) is 0 Å². The highest BCUT2D eigenvalue weighted by atomic mass is 127. The highest BCUT2D eigenvalue weighted by Crippen LogP contribution is 2.11. The number of likely N-dealkylation sites (tertiary alicyclic amines) is 1. The molecular formula is C15H30IN5O3S. The standard InChI is InChI=1S/C15H29N5O3S.HI/c1-2-16-15(17-7-4-10-19-9-3-6-14(19)21)18-8-12-20-11-5-13-24(20,22)23;/h2-13H2,1H3,(H2,16,17,18);1H. The lowest BCUT2D eigenvalue weighted by Gasteiger charge is -2.17. The molecule has 25 heavy (non-hydrogen) atoms. The Balaban J connectivity index is 0.00000312. The molecule has 0 bridgehead atoms. The van der Waals surface area contributed by atoms with Crippen LogP contribution in [0.4, 0.5) is 0 Å². The zero-order chi connectivity index (χ0) is 17.4. The number of hydrogen-bond donors (Lipinski definition) is 2. The van der Waals surface area contributed by atoms with Crippen molar-refractivity contribution in [2.75, 3.05) is 51.6 Å². The molecule has 0 atom stereocenters. The number of guanidine groups is 1. The Morgan fingerprint density at radius 3 is 2.60 bits per heavy atom. The van der Waals surface area contributed by atoms with Crippen molar-refractivity contribution in [3.05, 3.63) is 0 Å². The predicted octanol–water partition coefficient (Wildman–Crippen LogP) is 0.208. The van der Waals surface area contributed by atoms with Crippen LogP contribution in [0.5, 0.6) is 0 Å². The molecule has 1 amide bonds. The van der Waals surface area contributed by atoms with Gasteiger partial charge in [-0.15, -0.1) is 24.0 Å². The van der Waals surface area contributed by atoms with Crippen LogP contribution in [0.1, 0.15) is 32.6 Å². The molecule has 2 fully saturated rings. The molecule has 2 heterocycles. The maximum atomic E-state index is 11.7. The highest BCUT2D eigenvalue weighted by molar-refractivity contribution is 14.0. The fourth-order valence-electron chi connectivity index (χ4n) is 2.98. The summed E-state index contributed by atoms with van der Waals surface area (Å²) >= 11 is 0. The Bertz CT molecular complexity index is 555. The second-order valence-electron chi connectivity index (χ2n) is 6.09. The van der Waals surface area contributed by atoms with Gasteiger partial charge in [-0.1, -0.05) is 0 Å². The molecule has 2 aliphatic rings. The van der Waals surface area contributed by atoms with E-state index >= 15 is 0 Å². The van der Waals surface area contributed by atoms with Crippen LogP contribution in [-0.2, 0) is 14.8 Å². The monoisotopic (exact) mass is 487 g/mol. The van der Waals surface area contributed by atoms with E-state index in [0.717, 1.165) is 32.5 Å². The van der Waals surface area contributed by atoms with Gasteiger partial charge in [0, 0.05) is 52.2 Å². The number of halogens is 1. The molecule has 10 heteroatoms.